The number of halogens is 2. The average Bonchev–Trinajstić information content (AvgIpc) is 3.06. The zero-order chi connectivity index (χ0) is 17.9. The van der Waals surface area contributed by atoms with Gasteiger partial charge in [0.2, 0.25) is 0 Å². The number of benzene rings is 1. The van der Waals surface area contributed by atoms with Gasteiger partial charge < -0.3 is 15.2 Å². The van der Waals surface area contributed by atoms with Crippen LogP contribution in [0.15, 0.2) is 35.6 Å². The number of nitrogens with zero attached hydrogens (tertiary/aromatic N) is 4. The molecule has 0 spiro atoms. The number of aliphatic imine (C=N–C) groups is 1. The van der Waals surface area contributed by atoms with E-state index in [1.54, 1.807) is 18.5 Å². The minimum Gasteiger partial charge on any atom is -0.357 e. The lowest BCUT2D eigenvalue weighted by Gasteiger charge is -2.12. The first kappa shape index (κ1) is 22.3. The van der Waals surface area contributed by atoms with E-state index in [0.717, 1.165) is 56.2 Å². The first-order valence-electron chi connectivity index (χ1n) is 8.86. The van der Waals surface area contributed by atoms with Gasteiger partial charge in [0.15, 0.2) is 5.96 Å². The molecule has 2 N–H and O–H groups in total. The number of guanidine groups is 1. The molecule has 8 heteroatoms. The fourth-order valence-electron chi connectivity index (χ4n) is 2.54. The van der Waals surface area contributed by atoms with Crippen LogP contribution in [-0.2, 0) is 19.4 Å². The van der Waals surface area contributed by atoms with E-state index in [9.17, 15) is 4.39 Å². The van der Waals surface area contributed by atoms with E-state index in [4.69, 9.17) is 0 Å². The molecule has 0 aliphatic rings. The molecule has 0 amide bonds. The second-order valence-corrected chi connectivity index (χ2v) is 5.72. The van der Waals surface area contributed by atoms with Crippen LogP contribution in [0.3, 0.4) is 0 Å². The van der Waals surface area contributed by atoms with Gasteiger partial charge >= 0.3 is 0 Å². The zero-order valence-corrected chi connectivity index (χ0v) is 17.7. The van der Waals surface area contributed by atoms with Gasteiger partial charge in [0.05, 0.1) is 0 Å². The van der Waals surface area contributed by atoms with E-state index in [-0.39, 0.29) is 29.8 Å². The second kappa shape index (κ2) is 12.6. The van der Waals surface area contributed by atoms with Crippen LogP contribution in [0.1, 0.15) is 31.7 Å². The molecule has 26 heavy (non-hydrogen) atoms. The van der Waals surface area contributed by atoms with Crippen LogP contribution in [0.2, 0.25) is 0 Å². The number of aryl methyl sites for hydroxylation is 2. The quantitative estimate of drug-likeness (QED) is 0.254. The molecule has 144 valence electrons. The number of hydrogen-bond donors (Lipinski definition) is 2. The number of nitrogens with one attached hydrogen (secondary N) is 2. The van der Waals surface area contributed by atoms with Gasteiger partial charge in [0.1, 0.15) is 18.0 Å². The van der Waals surface area contributed by atoms with Gasteiger partial charge in [-0.3, -0.25) is 4.99 Å². The van der Waals surface area contributed by atoms with Crippen LogP contribution >= 0.6 is 24.0 Å². The lowest BCUT2D eigenvalue weighted by molar-refractivity contribution is 0.624. The summed E-state index contributed by atoms with van der Waals surface area (Å²) in [6, 6.07) is 6.74. The first-order chi connectivity index (χ1) is 12.2. The summed E-state index contributed by atoms with van der Waals surface area (Å²) in [4.78, 5) is 4.57. The second-order valence-electron chi connectivity index (χ2n) is 5.72. The van der Waals surface area contributed by atoms with Crippen LogP contribution in [0.5, 0.6) is 0 Å². The van der Waals surface area contributed by atoms with Crippen molar-refractivity contribution in [3.63, 3.8) is 0 Å². The Kier molecular flexibility index (Phi) is 10.8. The third-order valence-corrected chi connectivity index (χ3v) is 3.78. The Labute approximate surface area is 171 Å². The fraction of sp³-hybridized carbons (Fsp3) is 0.500. The molecule has 2 aromatic rings. The molecular formula is C18H28FIN6. The minimum absolute atomic E-state index is 0. The molecule has 0 aliphatic carbocycles. The summed E-state index contributed by atoms with van der Waals surface area (Å²) >= 11 is 0. The van der Waals surface area contributed by atoms with Gasteiger partial charge in [0.25, 0.3) is 0 Å². The Bertz CT molecular complexity index is 673. The van der Waals surface area contributed by atoms with E-state index in [0.29, 0.717) is 6.54 Å². The predicted molar refractivity (Wildman–Crippen MR) is 114 cm³/mol. The van der Waals surface area contributed by atoms with Crippen LogP contribution in [0.4, 0.5) is 4.39 Å². The van der Waals surface area contributed by atoms with E-state index in [2.05, 4.69) is 32.7 Å². The summed E-state index contributed by atoms with van der Waals surface area (Å²) in [5.41, 5.74) is 1.01. The monoisotopic (exact) mass is 474 g/mol. The van der Waals surface area contributed by atoms with E-state index < -0.39 is 0 Å². The Morgan fingerprint density at radius 2 is 2.12 bits per heavy atom. The van der Waals surface area contributed by atoms with Crippen LogP contribution in [0, 0.1) is 5.82 Å². The van der Waals surface area contributed by atoms with Gasteiger partial charge in [-0.05, 0) is 37.5 Å². The Hall–Kier alpha value is -1.71. The standard InChI is InChI=1S/C18H27FN6.HI/c1-3-17-24-23-14-25(17)12-11-22-18(20-4-2)21-10-6-8-15-7-5-9-16(19)13-15;/h5,7,9,13-14H,3-4,6,8,10-12H2,1-2H3,(H2,20,21,22);1H. The maximum Gasteiger partial charge on any atom is 0.191 e. The topological polar surface area (TPSA) is 67.1 Å². The highest BCUT2D eigenvalue weighted by molar-refractivity contribution is 14.0. The van der Waals surface area contributed by atoms with Crippen molar-refractivity contribution < 1.29 is 4.39 Å². The number of rotatable bonds is 9. The van der Waals surface area contributed by atoms with Crippen molar-refractivity contribution in [1.29, 1.82) is 0 Å². The van der Waals surface area contributed by atoms with Crippen molar-refractivity contribution in [2.24, 2.45) is 4.99 Å². The lowest BCUT2D eigenvalue weighted by Crippen LogP contribution is -2.39. The van der Waals surface area contributed by atoms with E-state index >= 15 is 0 Å². The van der Waals surface area contributed by atoms with Crippen molar-refractivity contribution in [3.8, 4) is 0 Å². The summed E-state index contributed by atoms with van der Waals surface area (Å²) in [6.07, 6.45) is 4.32. The van der Waals surface area contributed by atoms with Crippen LogP contribution in [-0.4, -0.2) is 40.4 Å². The first-order valence-corrected chi connectivity index (χ1v) is 8.86. The number of aromatic nitrogens is 3. The number of hydrogen-bond acceptors (Lipinski definition) is 3. The van der Waals surface area contributed by atoms with Gasteiger partial charge in [-0.25, -0.2) is 4.39 Å². The van der Waals surface area contributed by atoms with Crippen LogP contribution in [0.25, 0.3) is 0 Å². The lowest BCUT2D eigenvalue weighted by atomic mass is 10.1. The molecule has 6 nitrogen and oxygen atoms in total. The van der Waals surface area contributed by atoms with Crippen molar-refractivity contribution in [3.05, 3.63) is 47.8 Å². The van der Waals surface area contributed by atoms with Gasteiger partial charge in [-0.1, -0.05) is 19.1 Å². The average molecular weight is 474 g/mol. The molecule has 0 unspecified atom stereocenters. The maximum atomic E-state index is 13.2. The highest BCUT2D eigenvalue weighted by atomic mass is 127. The summed E-state index contributed by atoms with van der Waals surface area (Å²) in [5, 5.41) is 14.6. The van der Waals surface area contributed by atoms with Crippen molar-refractivity contribution in [2.75, 3.05) is 19.6 Å². The highest BCUT2D eigenvalue weighted by Gasteiger charge is 2.02. The molecule has 0 bridgehead atoms. The highest BCUT2D eigenvalue weighted by Crippen LogP contribution is 2.06. The molecule has 0 saturated heterocycles. The fourth-order valence-corrected chi connectivity index (χ4v) is 2.54. The third kappa shape index (κ3) is 7.67. The molecular weight excluding hydrogens is 446 g/mol. The van der Waals surface area contributed by atoms with Crippen molar-refractivity contribution >= 4 is 29.9 Å². The molecule has 1 aromatic heterocycles. The molecule has 0 aliphatic heterocycles. The normalized spacial score (nSPS) is 11.1. The molecule has 2 rings (SSSR count). The summed E-state index contributed by atoms with van der Waals surface area (Å²) < 4.78 is 15.2. The Balaban J connectivity index is 0.00000338. The smallest absolute Gasteiger partial charge is 0.191 e. The molecule has 0 atom stereocenters. The molecule has 0 saturated carbocycles. The Morgan fingerprint density at radius 3 is 2.85 bits per heavy atom. The molecule has 1 aromatic carbocycles. The molecule has 0 radical (unpaired) electrons. The molecule has 1 heterocycles. The van der Waals surface area contributed by atoms with Crippen molar-refractivity contribution in [1.82, 2.24) is 25.4 Å². The Morgan fingerprint density at radius 1 is 1.27 bits per heavy atom. The van der Waals surface area contributed by atoms with E-state index in [1.807, 2.05) is 17.6 Å². The largest absolute Gasteiger partial charge is 0.357 e. The van der Waals surface area contributed by atoms with Gasteiger partial charge in [-0.15, -0.1) is 34.2 Å². The summed E-state index contributed by atoms with van der Waals surface area (Å²) in [5.74, 6) is 1.60. The zero-order valence-electron chi connectivity index (χ0n) is 15.4. The maximum absolute atomic E-state index is 13.2. The molecule has 0 fully saturated rings. The van der Waals surface area contributed by atoms with Gasteiger partial charge in [0, 0.05) is 32.6 Å². The minimum atomic E-state index is -0.184. The SMILES string of the molecule is CCNC(=NCCCc1cccc(F)c1)NCCn1cnnc1CC.I. The summed E-state index contributed by atoms with van der Waals surface area (Å²) in [7, 11) is 0. The summed E-state index contributed by atoms with van der Waals surface area (Å²) in [6.45, 7) is 7.16. The van der Waals surface area contributed by atoms with Crippen LogP contribution < -0.4 is 10.6 Å². The van der Waals surface area contributed by atoms with Gasteiger partial charge in [-0.2, -0.15) is 0 Å². The predicted octanol–water partition coefficient (Wildman–Crippen LogP) is 2.79. The van der Waals surface area contributed by atoms with Crippen molar-refractivity contribution in [2.45, 2.75) is 39.7 Å². The van der Waals surface area contributed by atoms with E-state index in [1.165, 1.54) is 6.07 Å². The third-order valence-electron chi connectivity index (χ3n) is 3.78.